The van der Waals surface area contributed by atoms with Crippen molar-refractivity contribution in [3.63, 3.8) is 0 Å². The Labute approximate surface area is 175 Å². The lowest BCUT2D eigenvalue weighted by atomic mass is 9.45. The van der Waals surface area contributed by atoms with Gasteiger partial charge in [0.1, 0.15) is 17.6 Å². The number of amides is 2. The second-order valence-electron chi connectivity index (χ2n) is 8.97. The van der Waals surface area contributed by atoms with Crippen molar-refractivity contribution in [2.75, 3.05) is 5.32 Å². The highest BCUT2D eigenvalue weighted by atomic mass is 35.5. The van der Waals surface area contributed by atoms with Crippen LogP contribution in [0.4, 0.5) is 5.69 Å². The molecule has 2 bridgehead atoms. The number of hydrogen-bond donors (Lipinski definition) is 3. The molecule has 4 N–H and O–H groups in total. The highest BCUT2D eigenvalue weighted by Crippen LogP contribution is 2.61. The Bertz CT molecular complexity index is 868. The Hall–Kier alpha value is -2.09. The van der Waals surface area contributed by atoms with Crippen molar-refractivity contribution in [3.05, 3.63) is 21.6 Å². The van der Waals surface area contributed by atoms with E-state index in [0.29, 0.717) is 35.3 Å². The largest absolute Gasteiger partial charge is 0.379 e. The van der Waals surface area contributed by atoms with E-state index in [-0.39, 0.29) is 17.6 Å². The summed E-state index contributed by atoms with van der Waals surface area (Å²) in [5.74, 6) is 0.658. The quantitative estimate of drug-likeness (QED) is 0.617. The maximum absolute atomic E-state index is 12.6. The molecule has 0 spiro atoms. The number of hydrogen-bond acceptors (Lipinski definition) is 5. The molecule has 3 aliphatic carbocycles. The zero-order chi connectivity index (χ0) is 21.5. The van der Waals surface area contributed by atoms with Crippen molar-refractivity contribution in [2.24, 2.45) is 28.9 Å². The summed E-state index contributed by atoms with van der Waals surface area (Å²) in [5, 5.41) is 10.00. The molecule has 3 fully saturated rings. The summed E-state index contributed by atoms with van der Waals surface area (Å²) in [6.45, 7) is 8.31. The van der Waals surface area contributed by atoms with Crippen LogP contribution in [0.25, 0.3) is 0 Å². The number of aromatic nitrogens is 2. The molecular formula is C20H30ClN5O3. The molecule has 2 amide bonds. The van der Waals surface area contributed by atoms with Crippen LogP contribution in [0.2, 0.25) is 5.02 Å². The molecule has 29 heavy (non-hydrogen) atoms. The van der Waals surface area contributed by atoms with Crippen LogP contribution >= 0.6 is 11.6 Å². The third kappa shape index (κ3) is 3.99. The second kappa shape index (κ2) is 7.97. The molecule has 5 atom stereocenters. The standard InChI is InChI=1S/C20H30ClN5O3/c1-5-13(18(22)28)25-16(27)9-26-19(29)17(21)15(8-23-26)24-14-7-11-6-12(10(14)2)20(11,3)4/h8,10-14,24H,5-7,9H2,1-4H3,(H2,22,28)(H,25,27)/t10-,11+,12+,13?,14+/m0/s1. The normalized spacial score (nSPS) is 28.2. The Balaban J connectivity index is 1.68. The van der Waals surface area contributed by atoms with E-state index in [4.69, 9.17) is 17.3 Å². The van der Waals surface area contributed by atoms with Gasteiger partial charge in [0.15, 0.2) is 0 Å². The average molecular weight is 424 g/mol. The predicted octanol–water partition coefficient (Wildman–Crippen LogP) is 1.76. The predicted molar refractivity (Wildman–Crippen MR) is 111 cm³/mol. The lowest BCUT2D eigenvalue weighted by Gasteiger charge is -2.62. The van der Waals surface area contributed by atoms with E-state index in [1.54, 1.807) is 6.92 Å². The molecule has 1 aromatic rings. The van der Waals surface area contributed by atoms with Gasteiger partial charge in [-0.15, -0.1) is 0 Å². The molecule has 1 heterocycles. The van der Waals surface area contributed by atoms with Crippen LogP contribution in [-0.2, 0) is 16.1 Å². The zero-order valence-electron chi connectivity index (χ0n) is 17.4. The van der Waals surface area contributed by atoms with Crippen molar-refractivity contribution < 1.29 is 9.59 Å². The maximum atomic E-state index is 12.6. The number of carbonyl (C=O) groups is 2. The fourth-order valence-corrected chi connectivity index (χ4v) is 5.17. The SMILES string of the molecule is CCC(NC(=O)Cn1ncc(N[C@@H]2C[C@H]3C[C@H]([C@@H]2C)C3(C)C)c(Cl)c1=O)C(N)=O. The van der Waals surface area contributed by atoms with Crippen LogP contribution in [0.5, 0.6) is 0 Å². The van der Waals surface area contributed by atoms with E-state index in [1.807, 2.05) is 0 Å². The maximum Gasteiger partial charge on any atom is 0.288 e. The third-order valence-corrected chi connectivity index (χ3v) is 7.43. The number of carbonyl (C=O) groups excluding carboxylic acids is 2. The van der Waals surface area contributed by atoms with Gasteiger partial charge >= 0.3 is 0 Å². The molecule has 0 aromatic carbocycles. The minimum atomic E-state index is -0.780. The number of nitrogens with two attached hydrogens (primary N) is 1. The highest BCUT2D eigenvalue weighted by molar-refractivity contribution is 6.32. The molecule has 8 nitrogen and oxygen atoms in total. The van der Waals surface area contributed by atoms with Crippen molar-refractivity contribution in [2.45, 2.75) is 65.6 Å². The van der Waals surface area contributed by atoms with E-state index < -0.39 is 23.4 Å². The van der Waals surface area contributed by atoms with E-state index in [2.05, 4.69) is 36.5 Å². The van der Waals surface area contributed by atoms with Crippen LogP contribution in [0, 0.1) is 23.2 Å². The first-order valence-electron chi connectivity index (χ1n) is 10.2. The van der Waals surface area contributed by atoms with Gasteiger partial charge in [-0.1, -0.05) is 39.3 Å². The zero-order valence-corrected chi connectivity index (χ0v) is 18.1. The molecular weight excluding hydrogens is 394 g/mol. The van der Waals surface area contributed by atoms with Crippen LogP contribution in [0.15, 0.2) is 11.0 Å². The van der Waals surface area contributed by atoms with Crippen LogP contribution in [0.1, 0.15) is 47.0 Å². The molecule has 3 saturated carbocycles. The Morgan fingerprint density at radius 1 is 1.41 bits per heavy atom. The molecule has 0 radical (unpaired) electrons. The second-order valence-corrected chi connectivity index (χ2v) is 9.35. The molecule has 3 aliphatic rings. The van der Waals surface area contributed by atoms with Crippen molar-refractivity contribution in [1.29, 1.82) is 0 Å². The highest BCUT2D eigenvalue weighted by Gasteiger charge is 2.56. The minimum Gasteiger partial charge on any atom is -0.379 e. The number of rotatable bonds is 7. The molecule has 9 heteroatoms. The Morgan fingerprint density at radius 3 is 2.66 bits per heavy atom. The van der Waals surface area contributed by atoms with E-state index in [0.717, 1.165) is 11.1 Å². The van der Waals surface area contributed by atoms with Gasteiger partial charge in [-0.25, -0.2) is 4.68 Å². The Kier molecular flexibility index (Phi) is 5.94. The van der Waals surface area contributed by atoms with Gasteiger partial charge in [0, 0.05) is 6.04 Å². The van der Waals surface area contributed by atoms with Gasteiger partial charge < -0.3 is 16.4 Å². The van der Waals surface area contributed by atoms with Gasteiger partial charge in [-0.2, -0.15) is 5.10 Å². The molecule has 1 aromatic heterocycles. The van der Waals surface area contributed by atoms with Crippen molar-refractivity contribution >= 4 is 29.1 Å². The van der Waals surface area contributed by atoms with Gasteiger partial charge in [0.05, 0.1) is 11.9 Å². The summed E-state index contributed by atoms with van der Waals surface area (Å²) in [7, 11) is 0. The summed E-state index contributed by atoms with van der Waals surface area (Å²) in [4.78, 5) is 35.9. The molecule has 160 valence electrons. The average Bonchev–Trinajstić information content (AvgIpc) is 2.66. The Morgan fingerprint density at radius 2 is 2.10 bits per heavy atom. The van der Waals surface area contributed by atoms with Gasteiger partial charge in [-0.3, -0.25) is 14.4 Å². The fraction of sp³-hybridized carbons (Fsp3) is 0.700. The van der Waals surface area contributed by atoms with E-state index in [9.17, 15) is 14.4 Å². The van der Waals surface area contributed by atoms with Crippen LogP contribution in [0.3, 0.4) is 0 Å². The fourth-order valence-electron chi connectivity index (χ4n) is 4.97. The first-order valence-corrected chi connectivity index (χ1v) is 10.5. The van der Waals surface area contributed by atoms with Gasteiger partial charge in [0.25, 0.3) is 5.56 Å². The van der Waals surface area contributed by atoms with E-state index >= 15 is 0 Å². The number of fused-ring (bicyclic) bond motifs is 2. The number of nitrogens with zero attached hydrogens (tertiary/aromatic N) is 2. The topological polar surface area (TPSA) is 119 Å². The van der Waals surface area contributed by atoms with Crippen molar-refractivity contribution in [3.8, 4) is 0 Å². The van der Waals surface area contributed by atoms with E-state index in [1.165, 1.54) is 12.6 Å². The summed E-state index contributed by atoms with van der Waals surface area (Å²) >= 11 is 6.29. The molecule has 4 rings (SSSR count). The van der Waals surface area contributed by atoms with Gasteiger partial charge in [-0.05, 0) is 42.4 Å². The number of anilines is 1. The molecule has 1 unspecified atom stereocenters. The number of primary amides is 1. The van der Waals surface area contributed by atoms with Gasteiger partial charge in [0.2, 0.25) is 11.8 Å². The minimum absolute atomic E-state index is 0.0143. The van der Waals surface area contributed by atoms with Crippen molar-refractivity contribution in [1.82, 2.24) is 15.1 Å². The first kappa shape index (κ1) is 21.6. The van der Waals surface area contributed by atoms with Crippen LogP contribution < -0.4 is 21.9 Å². The lowest BCUT2D eigenvalue weighted by Crippen LogP contribution is -2.58. The summed E-state index contributed by atoms with van der Waals surface area (Å²) in [6.07, 6.45) is 4.16. The van der Waals surface area contributed by atoms with Crippen LogP contribution in [-0.4, -0.2) is 33.7 Å². The summed E-state index contributed by atoms with van der Waals surface area (Å²) in [5.41, 5.74) is 5.54. The number of nitrogens with one attached hydrogen (secondary N) is 2. The number of halogens is 1. The third-order valence-electron chi connectivity index (χ3n) is 7.06. The lowest BCUT2D eigenvalue weighted by molar-refractivity contribution is -0.127. The summed E-state index contributed by atoms with van der Waals surface area (Å²) < 4.78 is 0.988. The molecule has 0 aliphatic heterocycles. The smallest absolute Gasteiger partial charge is 0.288 e. The molecule has 0 saturated heterocycles. The summed E-state index contributed by atoms with van der Waals surface area (Å²) in [6, 6.07) is -0.538. The monoisotopic (exact) mass is 423 g/mol. The first-order chi connectivity index (χ1) is 13.6.